The van der Waals surface area contributed by atoms with E-state index in [4.69, 9.17) is 0 Å². The molecule has 0 bridgehead atoms. The first-order valence-corrected chi connectivity index (χ1v) is 4.83. The number of hydrogen-bond donors (Lipinski definition) is 1. The molecule has 1 unspecified atom stereocenters. The maximum atomic E-state index is 11.3. The van der Waals surface area contributed by atoms with Crippen LogP contribution < -0.4 is 5.32 Å². The first-order chi connectivity index (χ1) is 6.56. The summed E-state index contributed by atoms with van der Waals surface area (Å²) in [4.78, 5) is 11.3. The average Bonchev–Trinajstić information content (AvgIpc) is 2.16. The molecule has 0 amide bonds. The lowest BCUT2D eigenvalue weighted by Gasteiger charge is -2.24. The molecular formula is C11H17NO2. The highest BCUT2D eigenvalue weighted by Crippen LogP contribution is 2.17. The minimum Gasteiger partial charge on any atom is -0.466 e. The highest BCUT2D eigenvalue weighted by Gasteiger charge is 2.21. The van der Waals surface area contributed by atoms with Crippen LogP contribution in [0.1, 0.15) is 20.8 Å². The first-order valence-electron chi connectivity index (χ1n) is 4.83. The Hall–Kier alpha value is -1.25. The molecule has 1 rings (SSSR count). The third kappa shape index (κ3) is 2.16. The van der Waals surface area contributed by atoms with Crippen LogP contribution in [0.15, 0.2) is 23.4 Å². The van der Waals surface area contributed by atoms with Crippen LogP contribution in [0, 0.1) is 5.92 Å². The van der Waals surface area contributed by atoms with Crippen molar-refractivity contribution >= 4 is 5.97 Å². The second-order valence-electron chi connectivity index (χ2n) is 3.76. The summed E-state index contributed by atoms with van der Waals surface area (Å²) in [5.41, 5.74) is 1.84. The summed E-state index contributed by atoms with van der Waals surface area (Å²) in [6, 6.07) is 0.0323. The summed E-state index contributed by atoms with van der Waals surface area (Å²) in [5, 5.41) is 3.27. The maximum Gasteiger partial charge on any atom is 0.335 e. The molecule has 0 radical (unpaired) electrons. The van der Waals surface area contributed by atoms with Gasteiger partial charge in [0.1, 0.15) is 0 Å². The Balaban J connectivity index is 2.85. The van der Waals surface area contributed by atoms with Gasteiger partial charge in [0.15, 0.2) is 0 Å². The van der Waals surface area contributed by atoms with Gasteiger partial charge in [-0.3, -0.25) is 0 Å². The Morgan fingerprint density at radius 2 is 2.14 bits per heavy atom. The van der Waals surface area contributed by atoms with E-state index in [1.54, 1.807) is 0 Å². The molecule has 0 aromatic rings. The molecule has 1 N–H and O–H groups in total. The van der Waals surface area contributed by atoms with E-state index in [0.717, 1.165) is 5.70 Å². The molecule has 0 spiro atoms. The average molecular weight is 195 g/mol. The van der Waals surface area contributed by atoms with Crippen molar-refractivity contribution in [2.45, 2.75) is 26.8 Å². The SMILES string of the molecule is COC(=O)C1=CC=C(C(C)C)NC1C. The molecule has 1 aliphatic heterocycles. The number of carbonyl (C=O) groups is 1. The molecule has 1 aliphatic rings. The molecule has 0 saturated heterocycles. The number of rotatable bonds is 2. The van der Waals surface area contributed by atoms with Crippen molar-refractivity contribution in [3.8, 4) is 0 Å². The number of allylic oxidation sites excluding steroid dienone is 3. The molecule has 0 aromatic carbocycles. The molecule has 14 heavy (non-hydrogen) atoms. The van der Waals surface area contributed by atoms with Crippen molar-refractivity contribution in [2.75, 3.05) is 7.11 Å². The summed E-state index contributed by atoms with van der Waals surface area (Å²) in [5.74, 6) is 0.192. The van der Waals surface area contributed by atoms with Gasteiger partial charge in [0.25, 0.3) is 0 Å². The molecule has 3 heteroatoms. The van der Waals surface area contributed by atoms with Crippen molar-refractivity contribution in [3.63, 3.8) is 0 Å². The summed E-state index contributed by atoms with van der Waals surface area (Å²) >= 11 is 0. The fourth-order valence-corrected chi connectivity index (χ4v) is 1.42. The van der Waals surface area contributed by atoms with E-state index in [1.807, 2.05) is 19.1 Å². The van der Waals surface area contributed by atoms with E-state index in [9.17, 15) is 4.79 Å². The topological polar surface area (TPSA) is 38.3 Å². The number of methoxy groups -OCH3 is 1. The van der Waals surface area contributed by atoms with Crippen LogP contribution in [0.4, 0.5) is 0 Å². The summed E-state index contributed by atoms with van der Waals surface area (Å²) in [6.45, 7) is 6.18. The van der Waals surface area contributed by atoms with E-state index >= 15 is 0 Å². The number of carbonyl (C=O) groups excluding carboxylic acids is 1. The van der Waals surface area contributed by atoms with Gasteiger partial charge in [-0.15, -0.1) is 0 Å². The van der Waals surface area contributed by atoms with E-state index < -0.39 is 0 Å². The summed E-state index contributed by atoms with van der Waals surface area (Å²) in [6.07, 6.45) is 3.78. The molecule has 3 nitrogen and oxygen atoms in total. The van der Waals surface area contributed by atoms with Crippen LogP contribution in [-0.4, -0.2) is 19.1 Å². The standard InChI is InChI=1S/C11H17NO2/c1-7(2)10-6-5-9(8(3)12-10)11(13)14-4/h5-8,12H,1-4H3. The Kier molecular flexibility index (Phi) is 3.33. The first kappa shape index (κ1) is 10.8. The molecule has 0 fully saturated rings. The quantitative estimate of drug-likeness (QED) is 0.680. The smallest absolute Gasteiger partial charge is 0.335 e. The minimum absolute atomic E-state index is 0.0323. The highest BCUT2D eigenvalue weighted by molar-refractivity contribution is 5.90. The van der Waals surface area contributed by atoms with E-state index in [1.165, 1.54) is 7.11 Å². The minimum atomic E-state index is -0.260. The van der Waals surface area contributed by atoms with E-state index in [-0.39, 0.29) is 12.0 Å². The number of esters is 1. The molecule has 1 heterocycles. The van der Waals surface area contributed by atoms with Gasteiger partial charge in [0.2, 0.25) is 0 Å². The van der Waals surface area contributed by atoms with Crippen molar-refractivity contribution in [1.29, 1.82) is 0 Å². The van der Waals surface area contributed by atoms with Crippen LogP contribution in [0.25, 0.3) is 0 Å². The molecule has 1 atom stereocenters. The molecule has 0 saturated carbocycles. The highest BCUT2D eigenvalue weighted by atomic mass is 16.5. The van der Waals surface area contributed by atoms with Gasteiger partial charge in [-0.05, 0) is 25.0 Å². The normalized spacial score (nSPS) is 21.1. The molecule has 0 aliphatic carbocycles. The monoisotopic (exact) mass is 195 g/mol. The van der Waals surface area contributed by atoms with Gasteiger partial charge >= 0.3 is 5.97 Å². The van der Waals surface area contributed by atoms with Crippen LogP contribution in [0.3, 0.4) is 0 Å². The fraction of sp³-hybridized carbons (Fsp3) is 0.545. The number of dihydropyridines is 1. The molecule has 0 aromatic heterocycles. The fourth-order valence-electron chi connectivity index (χ4n) is 1.42. The van der Waals surface area contributed by atoms with Gasteiger partial charge in [0.05, 0.1) is 18.7 Å². The van der Waals surface area contributed by atoms with Gasteiger partial charge in [-0.1, -0.05) is 13.8 Å². The van der Waals surface area contributed by atoms with Crippen molar-refractivity contribution < 1.29 is 9.53 Å². The van der Waals surface area contributed by atoms with Gasteiger partial charge in [-0.2, -0.15) is 0 Å². The van der Waals surface area contributed by atoms with E-state index in [0.29, 0.717) is 11.5 Å². The lowest BCUT2D eigenvalue weighted by molar-refractivity contribution is -0.136. The third-order valence-electron chi connectivity index (χ3n) is 2.34. The van der Waals surface area contributed by atoms with Crippen LogP contribution >= 0.6 is 0 Å². The lowest BCUT2D eigenvalue weighted by Crippen LogP contribution is -2.35. The number of nitrogens with one attached hydrogen (secondary N) is 1. The zero-order valence-electron chi connectivity index (χ0n) is 9.13. The zero-order valence-corrected chi connectivity index (χ0v) is 9.13. The number of ether oxygens (including phenoxy) is 1. The van der Waals surface area contributed by atoms with Crippen molar-refractivity contribution in [2.24, 2.45) is 5.92 Å². The predicted molar refractivity (Wildman–Crippen MR) is 55.6 cm³/mol. The summed E-state index contributed by atoms with van der Waals surface area (Å²) < 4.78 is 4.68. The van der Waals surface area contributed by atoms with Gasteiger partial charge < -0.3 is 10.1 Å². The Morgan fingerprint density at radius 1 is 1.50 bits per heavy atom. The van der Waals surface area contributed by atoms with E-state index in [2.05, 4.69) is 23.9 Å². The Labute approximate surface area is 84.8 Å². The zero-order chi connectivity index (χ0) is 10.7. The molecule has 78 valence electrons. The molecular weight excluding hydrogens is 178 g/mol. The predicted octanol–water partition coefficient (Wildman–Crippen LogP) is 1.62. The van der Waals surface area contributed by atoms with Gasteiger partial charge in [0, 0.05) is 5.70 Å². The van der Waals surface area contributed by atoms with Gasteiger partial charge in [-0.25, -0.2) is 4.79 Å². The number of hydrogen-bond acceptors (Lipinski definition) is 3. The third-order valence-corrected chi connectivity index (χ3v) is 2.34. The second kappa shape index (κ2) is 4.31. The van der Waals surface area contributed by atoms with Crippen molar-refractivity contribution in [1.82, 2.24) is 5.32 Å². The second-order valence-corrected chi connectivity index (χ2v) is 3.76. The largest absolute Gasteiger partial charge is 0.466 e. The maximum absolute atomic E-state index is 11.3. The van der Waals surface area contributed by atoms with Crippen LogP contribution in [0.2, 0.25) is 0 Å². The lowest BCUT2D eigenvalue weighted by atomic mass is 10.00. The van der Waals surface area contributed by atoms with Crippen LogP contribution in [-0.2, 0) is 9.53 Å². The van der Waals surface area contributed by atoms with Crippen LogP contribution in [0.5, 0.6) is 0 Å². The Morgan fingerprint density at radius 3 is 2.57 bits per heavy atom. The van der Waals surface area contributed by atoms with Crippen molar-refractivity contribution in [3.05, 3.63) is 23.4 Å². The summed E-state index contributed by atoms with van der Waals surface area (Å²) in [7, 11) is 1.40. The Bertz CT molecular complexity index is 290.